The molecule has 1 aromatic heterocycles. The number of hydrogen-bond donors (Lipinski definition) is 0. The summed E-state index contributed by atoms with van der Waals surface area (Å²) in [5.74, 6) is 0. The van der Waals surface area contributed by atoms with Crippen LogP contribution in [-0.2, 0) is 11.3 Å². The van der Waals surface area contributed by atoms with Gasteiger partial charge in [-0.3, -0.25) is 0 Å². The Bertz CT molecular complexity index is 567. The van der Waals surface area contributed by atoms with E-state index in [9.17, 15) is 0 Å². The smallest absolute Gasteiger partial charge is 0.0517 e. The molecule has 1 aromatic carbocycles. The van der Waals surface area contributed by atoms with E-state index in [0.29, 0.717) is 0 Å². The minimum Gasteiger partial charge on any atom is -0.385 e. The molecule has 0 saturated heterocycles. The molecular formula is C18H29NO. The first kappa shape index (κ1) is 16.8. The third-order valence-electron chi connectivity index (χ3n) is 3.91. The lowest BCUT2D eigenvalue weighted by molar-refractivity contribution is 0.190. The standard InChI is InChI=1S/C16H23NO.C2H6/c1-11-7-8-12(2)16-15(11)13(3)14(4)17(16)9-6-10-18-5;1-2/h7-8H,6,9-10H2,1-5H3;1-2H3. The molecular weight excluding hydrogens is 246 g/mol. The third kappa shape index (κ3) is 3.06. The first-order valence-corrected chi connectivity index (χ1v) is 7.62. The van der Waals surface area contributed by atoms with Crippen LogP contribution in [0.25, 0.3) is 10.9 Å². The lowest BCUT2D eigenvalue weighted by Gasteiger charge is -2.10. The van der Waals surface area contributed by atoms with Crippen molar-refractivity contribution >= 4 is 10.9 Å². The fraction of sp³-hybridized carbons (Fsp3) is 0.556. The van der Waals surface area contributed by atoms with Crippen LogP contribution in [0, 0.1) is 27.7 Å². The Morgan fingerprint density at radius 2 is 1.60 bits per heavy atom. The van der Waals surface area contributed by atoms with Gasteiger partial charge in [0.1, 0.15) is 0 Å². The van der Waals surface area contributed by atoms with Gasteiger partial charge in [-0.2, -0.15) is 0 Å². The first-order valence-electron chi connectivity index (χ1n) is 7.62. The Kier molecular flexibility index (Phi) is 6.28. The van der Waals surface area contributed by atoms with Gasteiger partial charge in [-0.15, -0.1) is 0 Å². The molecule has 0 amide bonds. The molecule has 112 valence electrons. The van der Waals surface area contributed by atoms with E-state index in [1.54, 1.807) is 7.11 Å². The first-order chi connectivity index (χ1) is 9.57. The summed E-state index contributed by atoms with van der Waals surface area (Å²) in [5.41, 5.74) is 6.95. The zero-order chi connectivity index (χ0) is 15.3. The summed E-state index contributed by atoms with van der Waals surface area (Å²) in [5, 5.41) is 1.44. The predicted octanol–water partition coefficient (Wildman–Crippen LogP) is 4.94. The molecule has 0 aliphatic carbocycles. The molecule has 0 aliphatic heterocycles. The summed E-state index contributed by atoms with van der Waals surface area (Å²) < 4.78 is 7.61. The highest BCUT2D eigenvalue weighted by Crippen LogP contribution is 2.30. The van der Waals surface area contributed by atoms with Gasteiger partial charge in [0.05, 0.1) is 5.52 Å². The SMILES string of the molecule is CC.COCCCn1c(C)c(C)c2c(C)ccc(C)c21. The van der Waals surface area contributed by atoms with Gasteiger partial charge in [0.15, 0.2) is 0 Å². The Hall–Kier alpha value is -1.28. The molecule has 1 heterocycles. The number of benzene rings is 1. The van der Waals surface area contributed by atoms with Crippen LogP contribution in [0.4, 0.5) is 0 Å². The molecule has 0 atom stereocenters. The fourth-order valence-corrected chi connectivity index (χ4v) is 2.81. The van der Waals surface area contributed by atoms with E-state index in [1.165, 1.54) is 33.3 Å². The van der Waals surface area contributed by atoms with Crippen LogP contribution in [0.1, 0.15) is 42.7 Å². The average molecular weight is 275 g/mol. The molecule has 2 aromatic rings. The average Bonchev–Trinajstić information content (AvgIpc) is 2.71. The number of methoxy groups -OCH3 is 1. The number of rotatable bonds is 4. The topological polar surface area (TPSA) is 14.2 Å². The van der Waals surface area contributed by atoms with Gasteiger partial charge in [0.2, 0.25) is 0 Å². The van der Waals surface area contributed by atoms with Crippen LogP contribution in [-0.4, -0.2) is 18.3 Å². The number of nitrogens with zero attached hydrogens (tertiary/aromatic N) is 1. The second-order valence-electron chi connectivity index (χ2n) is 5.13. The van der Waals surface area contributed by atoms with Crippen LogP contribution in [0.5, 0.6) is 0 Å². The maximum absolute atomic E-state index is 5.16. The normalized spacial score (nSPS) is 10.6. The molecule has 2 heteroatoms. The van der Waals surface area contributed by atoms with Gasteiger partial charge >= 0.3 is 0 Å². The number of ether oxygens (including phenoxy) is 1. The molecule has 0 radical (unpaired) electrons. The molecule has 0 N–H and O–H groups in total. The van der Waals surface area contributed by atoms with Crippen LogP contribution in [0.2, 0.25) is 0 Å². The lowest BCUT2D eigenvalue weighted by Crippen LogP contribution is -2.04. The van der Waals surface area contributed by atoms with Crippen molar-refractivity contribution in [1.29, 1.82) is 0 Å². The van der Waals surface area contributed by atoms with Gasteiger partial charge in [-0.05, 0) is 50.8 Å². The number of aryl methyl sites for hydroxylation is 4. The van der Waals surface area contributed by atoms with Gasteiger partial charge in [0, 0.05) is 31.3 Å². The predicted molar refractivity (Wildman–Crippen MR) is 88.7 cm³/mol. The van der Waals surface area contributed by atoms with E-state index in [2.05, 4.69) is 44.4 Å². The van der Waals surface area contributed by atoms with E-state index in [-0.39, 0.29) is 0 Å². The Morgan fingerprint density at radius 1 is 1.00 bits per heavy atom. The monoisotopic (exact) mass is 275 g/mol. The molecule has 0 bridgehead atoms. The van der Waals surface area contributed by atoms with Crippen LogP contribution < -0.4 is 0 Å². The molecule has 2 nitrogen and oxygen atoms in total. The second-order valence-corrected chi connectivity index (χ2v) is 5.13. The van der Waals surface area contributed by atoms with Crippen molar-refractivity contribution in [2.24, 2.45) is 0 Å². The summed E-state index contributed by atoms with van der Waals surface area (Å²) in [6.07, 6.45) is 1.06. The van der Waals surface area contributed by atoms with E-state index < -0.39 is 0 Å². The number of aromatic nitrogens is 1. The van der Waals surface area contributed by atoms with Crippen molar-refractivity contribution in [2.45, 2.75) is 54.5 Å². The van der Waals surface area contributed by atoms with E-state index in [0.717, 1.165) is 19.6 Å². The fourth-order valence-electron chi connectivity index (χ4n) is 2.81. The number of fused-ring (bicyclic) bond motifs is 1. The Morgan fingerprint density at radius 3 is 2.20 bits per heavy atom. The van der Waals surface area contributed by atoms with E-state index >= 15 is 0 Å². The molecule has 0 unspecified atom stereocenters. The minimum absolute atomic E-state index is 0.822. The summed E-state index contributed by atoms with van der Waals surface area (Å²) in [6, 6.07) is 4.45. The summed E-state index contributed by atoms with van der Waals surface area (Å²) in [4.78, 5) is 0. The van der Waals surface area contributed by atoms with Crippen LogP contribution >= 0.6 is 0 Å². The van der Waals surface area contributed by atoms with E-state index in [1.807, 2.05) is 13.8 Å². The maximum Gasteiger partial charge on any atom is 0.0517 e. The molecule has 0 fully saturated rings. The van der Waals surface area contributed by atoms with Crippen molar-refractivity contribution in [2.75, 3.05) is 13.7 Å². The van der Waals surface area contributed by atoms with Crippen molar-refractivity contribution in [1.82, 2.24) is 4.57 Å². The summed E-state index contributed by atoms with van der Waals surface area (Å²) in [7, 11) is 1.77. The molecule has 20 heavy (non-hydrogen) atoms. The highest BCUT2D eigenvalue weighted by molar-refractivity contribution is 5.90. The lowest BCUT2D eigenvalue weighted by atomic mass is 10.0. The zero-order valence-electron chi connectivity index (χ0n) is 14.1. The molecule has 2 rings (SSSR count). The molecule has 0 spiro atoms. The van der Waals surface area contributed by atoms with Gasteiger partial charge in [0.25, 0.3) is 0 Å². The molecule has 0 aliphatic rings. The van der Waals surface area contributed by atoms with Gasteiger partial charge in [-0.1, -0.05) is 26.0 Å². The van der Waals surface area contributed by atoms with Gasteiger partial charge < -0.3 is 9.30 Å². The third-order valence-corrected chi connectivity index (χ3v) is 3.91. The van der Waals surface area contributed by atoms with Crippen LogP contribution in [0.15, 0.2) is 12.1 Å². The Balaban J connectivity index is 0.000000956. The second kappa shape index (κ2) is 7.49. The van der Waals surface area contributed by atoms with Gasteiger partial charge in [-0.25, -0.2) is 0 Å². The van der Waals surface area contributed by atoms with Crippen molar-refractivity contribution in [3.63, 3.8) is 0 Å². The number of hydrogen-bond acceptors (Lipinski definition) is 1. The summed E-state index contributed by atoms with van der Waals surface area (Å²) in [6.45, 7) is 14.7. The highest BCUT2D eigenvalue weighted by atomic mass is 16.5. The minimum atomic E-state index is 0.822. The van der Waals surface area contributed by atoms with Crippen molar-refractivity contribution in [3.05, 3.63) is 34.5 Å². The van der Waals surface area contributed by atoms with Crippen LogP contribution in [0.3, 0.4) is 0 Å². The maximum atomic E-state index is 5.16. The zero-order valence-corrected chi connectivity index (χ0v) is 14.1. The quantitative estimate of drug-likeness (QED) is 0.721. The van der Waals surface area contributed by atoms with Crippen molar-refractivity contribution < 1.29 is 4.74 Å². The Labute approximate surface area is 123 Å². The molecule has 0 saturated carbocycles. The van der Waals surface area contributed by atoms with Crippen molar-refractivity contribution in [3.8, 4) is 0 Å². The summed E-state index contributed by atoms with van der Waals surface area (Å²) >= 11 is 0. The van der Waals surface area contributed by atoms with E-state index in [4.69, 9.17) is 4.74 Å². The largest absolute Gasteiger partial charge is 0.385 e. The highest BCUT2D eigenvalue weighted by Gasteiger charge is 2.14.